The summed E-state index contributed by atoms with van der Waals surface area (Å²) < 4.78 is 47.9. The summed E-state index contributed by atoms with van der Waals surface area (Å²) in [6, 6.07) is 10.8. The van der Waals surface area contributed by atoms with E-state index in [1.165, 1.54) is 24.5 Å². The number of nitrogens with one attached hydrogen (secondary N) is 1. The van der Waals surface area contributed by atoms with Crippen molar-refractivity contribution in [2.24, 2.45) is 0 Å². The number of halogens is 3. The van der Waals surface area contributed by atoms with E-state index in [4.69, 9.17) is 9.15 Å². The quantitative estimate of drug-likeness (QED) is 0.431. The van der Waals surface area contributed by atoms with Crippen LogP contribution in [0, 0.1) is 0 Å². The number of esters is 1. The highest BCUT2D eigenvalue weighted by atomic mass is 19.4. The number of carbonyl (C=O) groups excluding carboxylic acids is 4. The summed E-state index contributed by atoms with van der Waals surface area (Å²) in [5.41, 5.74) is -0.702. The standard InChI is InChI=1S/C23H15F3N2O6/c24-23(25,26)14-4-6-15(7-5-14)27-19(29)12-34-22(32)13-3-8-17-18(10-13)21(31)28(20(17)30)11-16-2-1-9-33-16/h1-10H,11-12H2,(H,27,29). The molecular formula is C23H15F3N2O6. The number of benzene rings is 2. The van der Waals surface area contributed by atoms with E-state index >= 15 is 0 Å². The van der Waals surface area contributed by atoms with Gasteiger partial charge in [0.25, 0.3) is 17.7 Å². The Kier molecular flexibility index (Phi) is 5.93. The lowest BCUT2D eigenvalue weighted by Gasteiger charge is -2.11. The van der Waals surface area contributed by atoms with Crippen molar-refractivity contribution in [2.45, 2.75) is 12.7 Å². The Morgan fingerprint density at radius 3 is 2.32 bits per heavy atom. The highest BCUT2D eigenvalue weighted by molar-refractivity contribution is 6.21. The van der Waals surface area contributed by atoms with E-state index in [-0.39, 0.29) is 28.9 Å². The van der Waals surface area contributed by atoms with Crippen LogP contribution in [0.15, 0.2) is 65.3 Å². The predicted molar refractivity (Wildman–Crippen MR) is 110 cm³/mol. The average Bonchev–Trinajstić information content (AvgIpc) is 3.40. The fourth-order valence-corrected chi connectivity index (χ4v) is 3.27. The number of amides is 3. The molecule has 0 spiro atoms. The van der Waals surface area contributed by atoms with Crippen molar-refractivity contribution in [3.63, 3.8) is 0 Å². The Morgan fingerprint density at radius 2 is 1.68 bits per heavy atom. The summed E-state index contributed by atoms with van der Waals surface area (Å²) in [5.74, 6) is -2.42. The van der Waals surface area contributed by atoms with Gasteiger partial charge in [-0.05, 0) is 54.6 Å². The van der Waals surface area contributed by atoms with Crippen LogP contribution in [-0.4, -0.2) is 35.2 Å². The average molecular weight is 472 g/mol. The molecule has 174 valence electrons. The molecule has 0 fully saturated rings. The van der Waals surface area contributed by atoms with Gasteiger partial charge in [0, 0.05) is 5.69 Å². The van der Waals surface area contributed by atoms with E-state index in [2.05, 4.69) is 5.32 Å². The minimum Gasteiger partial charge on any atom is -0.467 e. The van der Waals surface area contributed by atoms with Crippen molar-refractivity contribution in [3.8, 4) is 0 Å². The second kappa shape index (κ2) is 8.85. The Bertz CT molecular complexity index is 1270. The molecule has 8 nitrogen and oxygen atoms in total. The van der Waals surface area contributed by atoms with Crippen LogP contribution in [0.1, 0.15) is 42.4 Å². The molecule has 1 aliphatic rings. The maximum Gasteiger partial charge on any atom is 0.416 e. The van der Waals surface area contributed by atoms with Gasteiger partial charge in [0.2, 0.25) is 0 Å². The normalized spacial score (nSPS) is 13.1. The first-order chi connectivity index (χ1) is 16.1. The molecule has 1 aliphatic heterocycles. The van der Waals surface area contributed by atoms with E-state index in [1.807, 2.05) is 0 Å². The van der Waals surface area contributed by atoms with Crippen LogP contribution in [0.2, 0.25) is 0 Å². The number of furan rings is 1. The molecule has 1 N–H and O–H groups in total. The highest BCUT2D eigenvalue weighted by Gasteiger charge is 2.36. The smallest absolute Gasteiger partial charge is 0.416 e. The van der Waals surface area contributed by atoms with E-state index in [0.29, 0.717) is 5.76 Å². The van der Waals surface area contributed by atoms with Crippen LogP contribution in [0.25, 0.3) is 0 Å². The largest absolute Gasteiger partial charge is 0.467 e. The van der Waals surface area contributed by atoms with Gasteiger partial charge in [0.15, 0.2) is 6.61 Å². The topological polar surface area (TPSA) is 106 Å². The van der Waals surface area contributed by atoms with Crippen LogP contribution in [-0.2, 0) is 22.3 Å². The third kappa shape index (κ3) is 4.68. The second-order valence-corrected chi connectivity index (χ2v) is 7.24. The number of fused-ring (bicyclic) bond motifs is 1. The zero-order valence-electron chi connectivity index (χ0n) is 17.2. The fraction of sp³-hybridized carbons (Fsp3) is 0.130. The number of carbonyl (C=O) groups is 4. The summed E-state index contributed by atoms with van der Waals surface area (Å²) in [4.78, 5) is 50.4. The molecule has 0 saturated carbocycles. The minimum atomic E-state index is -4.50. The molecule has 0 saturated heterocycles. The molecule has 0 aliphatic carbocycles. The lowest BCUT2D eigenvalue weighted by molar-refractivity contribution is -0.137. The van der Waals surface area contributed by atoms with E-state index in [0.717, 1.165) is 29.2 Å². The van der Waals surface area contributed by atoms with Gasteiger partial charge in [-0.25, -0.2) is 4.79 Å². The van der Waals surface area contributed by atoms with Crippen LogP contribution >= 0.6 is 0 Å². The van der Waals surface area contributed by atoms with Gasteiger partial charge in [0.1, 0.15) is 5.76 Å². The van der Waals surface area contributed by atoms with Crippen molar-refractivity contribution in [1.82, 2.24) is 4.90 Å². The highest BCUT2D eigenvalue weighted by Crippen LogP contribution is 2.30. The zero-order chi connectivity index (χ0) is 24.5. The molecule has 3 aromatic rings. The van der Waals surface area contributed by atoms with Gasteiger partial charge in [-0.2, -0.15) is 13.2 Å². The summed E-state index contributed by atoms with van der Waals surface area (Å²) in [7, 11) is 0. The summed E-state index contributed by atoms with van der Waals surface area (Å²) >= 11 is 0. The van der Waals surface area contributed by atoms with Crippen molar-refractivity contribution in [1.29, 1.82) is 0 Å². The van der Waals surface area contributed by atoms with Gasteiger partial charge in [-0.1, -0.05) is 0 Å². The SMILES string of the molecule is O=C(COC(=O)c1ccc2c(c1)C(=O)N(Cc1ccco1)C2=O)Nc1ccc(C(F)(F)F)cc1. The predicted octanol–water partition coefficient (Wildman–Crippen LogP) is 3.89. The molecule has 0 radical (unpaired) electrons. The first-order valence-electron chi connectivity index (χ1n) is 9.80. The number of imide groups is 1. The molecule has 0 unspecified atom stereocenters. The minimum absolute atomic E-state index is 0.0141. The molecular weight excluding hydrogens is 457 g/mol. The maximum absolute atomic E-state index is 12.6. The summed E-state index contributed by atoms with van der Waals surface area (Å²) in [5, 5.41) is 2.31. The maximum atomic E-state index is 12.6. The molecule has 0 atom stereocenters. The number of alkyl halides is 3. The number of rotatable bonds is 6. The Labute approximate surface area is 189 Å². The number of anilines is 1. The Morgan fingerprint density at radius 1 is 0.971 bits per heavy atom. The third-order valence-electron chi connectivity index (χ3n) is 4.93. The van der Waals surface area contributed by atoms with Crippen molar-refractivity contribution in [2.75, 3.05) is 11.9 Å². The van der Waals surface area contributed by atoms with Crippen LogP contribution in [0.4, 0.5) is 18.9 Å². The van der Waals surface area contributed by atoms with Crippen molar-refractivity contribution >= 4 is 29.4 Å². The second-order valence-electron chi connectivity index (χ2n) is 7.24. The van der Waals surface area contributed by atoms with E-state index in [1.54, 1.807) is 12.1 Å². The van der Waals surface area contributed by atoms with Gasteiger partial charge >= 0.3 is 12.1 Å². The molecule has 1 aromatic heterocycles. The summed E-state index contributed by atoms with van der Waals surface area (Å²) in [6.45, 7) is -0.780. The van der Waals surface area contributed by atoms with Crippen LogP contribution in [0.3, 0.4) is 0 Å². The molecule has 2 aromatic carbocycles. The molecule has 3 amide bonds. The number of nitrogens with zero attached hydrogens (tertiary/aromatic N) is 1. The zero-order valence-corrected chi connectivity index (χ0v) is 17.2. The van der Waals surface area contributed by atoms with E-state index < -0.39 is 42.0 Å². The van der Waals surface area contributed by atoms with Crippen molar-refractivity contribution in [3.05, 3.63) is 88.9 Å². The third-order valence-corrected chi connectivity index (χ3v) is 4.93. The first-order valence-corrected chi connectivity index (χ1v) is 9.80. The first kappa shape index (κ1) is 22.8. The Hall–Kier alpha value is -4.41. The summed E-state index contributed by atoms with van der Waals surface area (Å²) in [6.07, 6.45) is -3.09. The number of ether oxygens (including phenoxy) is 1. The lowest BCUT2D eigenvalue weighted by atomic mass is 10.1. The molecule has 4 rings (SSSR count). The van der Waals surface area contributed by atoms with Gasteiger partial charge in [-0.3, -0.25) is 19.3 Å². The van der Waals surface area contributed by atoms with Crippen LogP contribution in [0.5, 0.6) is 0 Å². The molecule has 34 heavy (non-hydrogen) atoms. The molecule has 0 bridgehead atoms. The van der Waals surface area contributed by atoms with E-state index in [9.17, 15) is 32.3 Å². The fourth-order valence-electron chi connectivity index (χ4n) is 3.27. The van der Waals surface area contributed by atoms with Gasteiger partial charge in [-0.15, -0.1) is 0 Å². The van der Waals surface area contributed by atoms with Crippen LogP contribution < -0.4 is 5.32 Å². The number of hydrogen-bond acceptors (Lipinski definition) is 6. The van der Waals surface area contributed by atoms with Gasteiger partial charge in [0.05, 0.1) is 35.1 Å². The Balaban J connectivity index is 1.36. The lowest BCUT2D eigenvalue weighted by Crippen LogP contribution is -2.28. The van der Waals surface area contributed by atoms with Gasteiger partial charge < -0.3 is 14.5 Å². The monoisotopic (exact) mass is 472 g/mol. The molecule has 2 heterocycles. The molecule has 11 heteroatoms. The van der Waals surface area contributed by atoms with Crippen molar-refractivity contribution < 1.29 is 41.5 Å². The number of hydrogen-bond donors (Lipinski definition) is 1.